The zero-order chi connectivity index (χ0) is 16.2. The summed E-state index contributed by atoms with van der Waals surface area (Å²) in [5.74, 6) is 0. The molecule has 0 saturated carbocycles. The fourth-order valence-corrected chi connectivity index (χ4v) is 3.29. The largest absolute Gasteiger partial charge is 0.387 e. The van der Waals surface area contributed by atoms with Crippen molar-refractivity contribution in [3.05, 3.63) is 52.8 Å². The molecule has 0 bridgehead atoms. The number of nitrogens with zero attached hydrogens (tertiary/aromatic N) is 4. The van der Waals surface area contributed by atoms with Gasteiger partial charge in [0.05, 0.1) is 12.3 Å². The van der Waals surface area contributed by atoms with Crippen molar-refractivity contribution in [1.29, 1.82) is 0 Å². The molecular weight excluding hydrogens is 312 g/mol. The van der Waals surface area contributed by atoms with Gasteiger partial charge in [-0.3, -0.25) is 14.5 Å². The Balaban J connectivity index is 1.48. The SMILES string of the molecule is Cn1cc(CN2CCN(C[C@@H](O)c3ccccc3Cl)CC2)cn1. The summed E-state index contributed by atoms with van der Waals surface area (Å²) in [6, 6.07) is 7.52. The minimum Gasteiger partial charge on any atom is -0.387 e. The van der Waals surface area contributed by atoms with Crippen molar-refractivity contribution in [3.8, 4) is 0 Å². The van der Waals surface area contributed by atoms with Crippen LogP contribution in [-0.4, -0.2) is 57.4 Å². The number of β-amino-alcohol motifs (C(OH)–C–C–N with tert-alkyl or cyclic N) is 1. The summed E-state index contributed by atoms with van der Waals surface area (Å²) in [6.45, 7) is 5.50. The van der Waals surface area contributed by atoms with E-state index in [9.17, 15) is 5.11 Å². The van der Waals surface area contributed by atoms with Gasteiger partial charge in [-0.2, -0.15) is 5.10 Å². The molecule has 124 valence electrons. The highest BCUT2D eigenvalue weighted by atomic mass is 35.5. The maximum absolute atomic E-state index is 10.4. The average molecular weight is 335 g/mol. The molecule has 1 aromatic carbocycles. The molecule has 5 nitrogen and oxygen atoms in total. The standard InChI is InChI=1S/C17H23ClN4O/c1-20-11-14(10-19-20)12-21-6-8-22(9-7-21)13-17(23)15-4-2-3-5-16(15)18/h2-5,10-11,17,23H,6-9,12-13H2,1H3/t17-/m1/s1. The van der Waals surface area contributed by atoms with Gasteiger partial charge < -0.3 is 5.11 Å². The second-order valence-corrected chi connectivity index (χ2v) is 6.54. The lowest BCUT2D eigenvalue weighted by molar-refractivity contribution is 0.0701. The zero-order valence-corrected chi connectivity index (χ0v) is 14.2. The van der Waals surface area contributed by atoms with E-state index in [0.29, 0.717) is 11.6 Å². The number of aryl methyl sites for hydroxylation is 1. The van der Waals surface area contributed by atoms with Crippen molar-refractivity contribution in [3.63, 3.8) is 0 Å². The van der Waals surface area contributed by atoms with Crippen LogP contribution in [0.1, 0.15) is 17.2 Å². The molecule has 0 radical (unpaired) electrons. The molecule has 6 heteroatoms. The first kappa shape index (κ1) is 16.5. The molecule has 1 aliphatic rings. The Kier molecular flexibility index (Phi) is 5.33. The van der Waals surface area contributed by atoms with E-state index in [1.54, 1.807) is 0 Å². The predicted octanol–water partition coefficient (Wildman–Crippen LogP) is 1.92. The molecule has 1 atom stereocenters. The molecule has 0 amide bonds. The topological polar surface area (TPSA) is 44.5 Å². The Morgan fingerprint density at radius 1 is 1.17 bits per heavy atom. The molecule has 1 fully saturated rings. The highest BCUT2D eigenvalue weighted by molar-refractivity contribution is 6.31. The third-order valence-electron chi connectivity index (χ3n) is 4.32. The number of hydrogen-bond donors (Lipinski definition) is 1. The van der Waals surface area contributed by atoms with Crippen LogP contribution in [0.4, 0.5) is 0 Å². The second-order valence-electron chi connectivity index (χ2n) is 6.14. The average Bonchev–Trinajstić information content (AvgIpc) is 2.95. The summed E-state index contributed by atoms with van der Waals surface area (Å²) in [5.41, 5.74) is 2.06. The Morgan fingerprint density at radius 3 is 2.52 bits per heavy atom. The lowest BCUT2D eigenvalue weighted by Crippen LogP contribution is -2.47. The lowest BCUT2D eigenvalue weighted by Gasteiger charge is -2.35. The summed E-state index contributed by atoms with van der Waals surface area (Å²) in [7, 11) is 1.94. The van der Waals surface area contributed by atoms with Gasteiger partial charge >= 0.3 is 0 Å². The van der Waals surface area contributed by atoms with Crippen LogP contribution in [0.5, 0.6) is 0 Å². The van der Waals surface area contributed by atoms with Gasteiger partial charge in [0.1, 0.15) is 0 Å². The van der Waals surface area contributed by atoms with Crippen LogP contribution < -0.4 is 0 Å². The molecule has 23 heavy (non-hydrogen) atoms. The van der Waals surface area contributed by atoms with Crippen molar-refractivity contribution in [2.24, 2.45) is 7.05 Å². The number of piperazine rings is 1. The summed E-state index contributed by atoms with van der Waals surface area (Å²) in [6.07, 6.45) is 3.45. The number of rotatable bonds is 5. The van der Waals surface area contributed by atoms with Crippen LogP contribution in [-0.2, 0) is 13.6 Å². The van der Waals surface area contributed by atoms with Crippen LogP contribution in [0.3, 0.4) is 0 Å². The molecule has 1 aliphatic heterocycles. The first-order valence-corrected chi connectivity index (χ1v) is 8.34. The van der Waals surface area contributed by atoms with E-state index >= 15 is 0 Å². The summed E-state index contributed by atoms with van der Waals surface area (Å²) >= 11 is 6.16. The number of hydrogen-bond acceptors (Lipinski definition) is 4. The van der Waals surface area contributed by atoms with Gasteiger partial charge in [-0.15, -0.1) is 0 Å². The van der Waals surface area contributed by atoms with Crippen molar-refractivity contribution < 1.29 is 5.11 Å². The lowest BCUT2D eigenvalue weighted by atomic mass is 10.1. The summed E-state index contributed by atoms with van der Waals surface area (Å²) in [4.78, 5) is 4.73. The van der Waals surface area contributed by atoms with E-state index in [-0.39, 0.29) is 0 Å². The van der Waals surface area contributed by atoms with Gasteiger partial charge in [0.25, 0.3) is 0 Å². The third-order valence-corrected chi connectivity index (χ3v) is 4.67. The second kappa shape index (κ2) is 7.45. The molecule has 2 aromatic rings. The Morgan fingerprint density at radius 2 is 1.87 bits per heavy atom. The summed E-state index contributed by atoms with van der Waals surface area (Å²) < 4.78 is 1.84. The van der Waals surface area contributed by atoms with E-state index < -0.39 is 6.10 Å². The van der Waals surface area contributed by atoms with Crippen molar-refractivity contribution >= 4 is 11.6 Å². The van der Waals surface area contributed by atoms with Crippen LogP contribution in [0.25, 0.3) is 0 Å². The number of benzene rings is 1. The van der Waals surface area contributed by atoms with Gasteiger partial charge in [-0.1, -0.05) is 29.8 Å². The molecule has 1 N–H and O–H groups in total. The monoisotopic (exact) mass is 334 g/mol. The van der Waals surface area contributed by atoms with E-state index in [0.717, 1.165) is 38.3 Å². The normalized spacial score (nSPS) is 18.2. The van der Waals surface area contributed by atoms with E-state index in [2.05, 4.69) is 21.1 Å². The highest BCUT2D eigenvalue weighted by Crippen LogP contribution is 2.23. The fourth-order valence-electron chi connectivity index (χ4n) is 3.03. The minimum absolute atomic E-state index is 0.534. The molecule has 0 aliphatic carbocycles. The van der Waals surface area contributed by atoms with Crippen LogP contribution >= 0.6 is 11.6 Å². The van der Waals surface area contributed by atoms with E-state index in [4.69, 9.17) is 11.6 Å². The smallest absolute Gasteiger partial charge is 0.0931 e. The summed E-state index contributed by atoms with van der Waals surface area (Å²) in [5, 5.41) is 15.3. The van der Waals surface area contributed by atoms with Crippen LogP contribution in [0.2, 0.25) is 5.02 Å². The predicted molar refractivity (Wildman–Crippen MR) is 91.3 cm³/mol. The first-order valence-electron chi connectivity index (χ1n) is 7.96. The van der Waals surface area contributed by atoms with Crippen LogP contribution in [0, 0.1) is 0 Å². The van der Waals surface area contributed by atoms with Gasteiger partial charge in [-0.25, -0.2) is 0 Å². The third kappa shape index (κ3) is 4.32. The quantitative estimate of drug-likeness (QED) is 0.907. The molecule has 1 aromatic heterocycles. The van der Waals surface area contributed by atoms with Gasteiger partial charge in [0, 0.05) is 68.7 Å². The zero-order valence-electron chi connectivity index (χ0n) is 13.4. The Bertz CT molecular complexity index is 637. The van der Waals surface area contributed by atoms with Crippen molar-refractivity contribution in [2.45, 2.75) is 12.6 Å². The van der Waals surface area contributed by atoms with E-state index in [1.807, 2.05) is 42.2 Å². The maximum atomic E-state index is 10.4. The molecular formula is C17H23ClN4O. The molecule has 0 unspecified atom stereocenters. The molecule has 1 saturated heterocycles. The first-order chi connectivity index (χ1) is 11.1. The number of aromatic nitrogens is 2. The van der Waals surface area contributed by atoms with E-state index in [1.165, 1.54) is 5.56 Å². The van der Waals surface area contributed by atoms with Gasteiger partial charge in [-0.05, 0) is 6.07 Å². The van der Waals surface area contributed by atoms with Gasteiger partial charge in [0.15, 0.2) is 0 Å². The van der Waals surface area contributed by atoms with Crippen LogP contribution in [0.15, 0.2) is 36.7 Å². The highest BCUT2D eigenvalue weighted by Gasteiger charge is 2.21. The molecule has 0 spiro atoms. The maximum Gasteiger partial charge on any atom is 0.0931 e. The van der Waals surface area contributed by atoms with Gasteiger partial charge in [0.2, 0.25) is 0 Å². The Hall–Kier alpha value is -1.40. The number of aliphatic hydroxyl groups excluding tert-OH is 1. The minimum atomic E-state index is -0.534. The number of halogens is 1. The molecule has 2 heterocycles. The fraction of sp³-hybridized carbons (Fsp3) is 0.471. The molecule has 3 rings (SSSR count). The number of aliphatic hydroxyl groups is 1. The van der Waals surface area contributed by atoms with Crippen molar-refractivity contribution in [1.82, 2.24) is 19.6 Å². The Labute approximate surface area is 142 Å². The van der Waals surface area contributed by atoms with Crippen molar-refractivity contribution in [2.75, 3.05) is 32.7 Å².